The van der Waals surface area contributed by atoms with E-state index in [0.29, 0.717) is 30.4 Å². The van der Waals surface area contributed by atoms with Gasteiger partial charge in [-0.25, -0.2) is 14.8 Å². The van der Waals surface area contributed by atoms with Gasteiger partial charge in [0.15, 0.2) is 0 Å². The molecule has 14 heteroatoms. The molecule has 0 aliphatic carbocycles. The molecule has 0 atom stereocenters. The number of amides is 1. The van der Waals surface area contributed by atoms with Crippen LogP contribution in [-0.4, -0.2) is 60.7 Å². The second-order valence-electron chi connectivity index (χ2n) is 10.7. The van der Waals surface area contributed by atoms with E-state index in [4.69, 9.17) is 14.6 Å². The molecular formula is C29H34F3LiN6O4. The summed E-state index contributed by atoms with van der Waals surface area (Å²) in [6.45, 7) is 7.87. The number of carbonyl (C=O) groups excluding carboxylic acids is 1. The summed E-state index contributed by atoms with van der Waals surface area (Å²) in [7, 11) is 0. The topological polar surface area (TPSA) is 130 Å². The number of likely N-dealkylation sites (tertiary alicyclic amines) is 1. The Morgan fingerprint density at radius 1 is 1.09 bits per heavy atom. The van der Waals surface area contributed by atoms with Gasteiger partial charge in [-0.3, -0.25) is 14.8 Å². The van der Waals surface area contributed by atoms with Gasteiger partial charge in [0.2, 0.25) is 5.95 Å². The van der Waals surface area contributed by atoms with Gasteiger partial charge in [0.25, 0.3) is 5.97 Å². The fourth-order valence-corrected chi connectivity index (χ4v) is 4.25. The smallest absolute Gasteiger partial charge is 0.481 e. The normalized spacial score (nSPS) is 13.7. The molecule has 1 amide bonds. The third-order valence-corrected chi connectivity index (χ3v) is 6.14. The molecule has 226 valence electrons. The molecule has 2 aromatic heterocycles. The number of carbonyl (C=O) groups is 2. The minimum absolute atomic E-state index is 0. The van der Waals surface area contributed by atoms with E-state index in [0.717, 1.165) is 31.5 Å². The predicted octanol–water partition coefficient (Wildman–Crippen LogP) is 2.82. The Morgan fingerprint density at radius 3 is 2.26 bits per heavy atom. The van der Waals surface area contributed by atoms with E-state index in [1.807, 2.05) is 45.0 Å². The first-order chi connectivity index (χ1) is 19.7. The van der Waals surface area contributed by atoms with Gasteiger partial charge in [0.1, 0.15) is 11.9 Å². The van der Waals surface area contributed by atoms with E-state index in [2.05, 4.69) is 31.3 Å². The average molecular weight is 595 g/mol. The minimum atomic E-state index is -4.57. The Hall–Kier alpha value is -3.69. The number of hydrogen-bond acceptors (Lipinski definition) is 8. The SMILES string of the molecule is CC(=O)O.CC(C)(C)OC(=O)N1CCC(c2ccc(Nc3ncc(C(F)(F)F)c(CCc4[c-]cncn4)n3)cc2)CC1.[Li+]. The maximum absolute atomic E-state index is 13.5. The molecule has 0 saturated carbocycles. The van der Waals surface area contributed by atoms with Crippen molar-refractivity contribution in [1.29, 1.82) is 0 Å². The van der Waals surface area contributed by atoms with Crippen LogP contribution in [0.5, 0.6) is 0 Å². The van der Waals surface area contributed by atoms with Gasteiger partial charge in [-0.1, -0.05) is 12.1 Å². The van der Waals surface area contributed by atoms with Gasteiger partial charge in [-0.2, -0.15) is 13.2 Å². The summed E-state index contributed by atoms with van der Waals surface area (Å²) in [5, 5.41) is 10.4. The molecule has 1 aromatic carbocycles. The Bertz CT molecular complexity index is 1330. The van der Waals surface area contributed by atoms with Crippen molar-refractivity contribution in [3.63, 3.8) is 0 Å². The van der Waals surface area contributed by atoms with E-state index in [1.54, 1.807) is 4.90 Å². The third kappa shape index (κ3) is 11.8. The van der Waals surface area contributed by atoms with Crippen molar-refractivity contribution in [1.82, 2.24) is 24.8 Å². The maximum Gasteiger partial charge on any atom is 1.00 e. The number of carboxylic acids is 1. The molecule has 0 radical (unpaired) electrons. The largest absolute Gasteiger partial charge is 1.00 e. The van der Waals surface area contributed by atoms with Crippen molar-refractivity contribution >= 4 is 23.7 Å². The fourth-order valence-electron chi connectivity index (χ4n) is 4.25. The summed E-state index contributed by atoms with van der Waals surface area (Å²) in [6, 6.07) is 10.5. The van der Waals surface area contributed by atoms with Crippen molar-refractivity contribution in [2.75, 3.05) is 18.4 Å². The van der Waals surface area contributed by atoms with Gasteiger partial charge in [-0.05, 0) is 70.1 Å². The quantitative estimate of drug-likeness (QED) is 0.327. The van der Waals surface area contributed by atoms with Crippen LogP contribution in [0.3, 0.4) is 0 Å². The van der Waals surface area contributed by atoms with Crippen LogP contribution < -0.4 is 24.2 Å². The molecule has 10 nitrogen and oxygen atoms in total. The van der Waals surface area contributed by atoms with Crippen LogP contribution in [-0.2, 0) is 28.5 Å². The predicted molar refractivity (Wildman–Crippen MR) is 148 cm³/mol. The molecule has 1 aliphatic heterocycles. The van der Waals surface area contributed by atoms with Crippen LogP contribution in [0.1, 0.15) is 69.0 Å². The van der Waals surface area contributed by atoms with Gasteiger partial charge in [0.05, 0.1) is 11.3 Å². The minimum Gasteiger partial charge on any atom is -0.481 e. The summed E-state index contributed by atoms with van der Waals surface area (Å²) < 4.78 is 46.1. The summed E-state index contributed by atoms with van der Waals surface area (Å²) >= 11 is 0. The number of benzene rings is 1. The number of anilines is 2. The van der Waals surface area contributed by atoms with Crippen LogP contribution in [0, 0.1) is 6.07 Å². The van der Waals surface area contributed by atoms with Crippen LogP contribution >= 0.6 is 0 Å². The molecule has 2 N–H and O–H groups in total. The molecule has 3 aromatic rings. The summed E-state index contributed by atoms with van der Waals surface area (Å²) in [5.74, 6) is -0.451. The second-order valence-corrected chi connectivity index (χ2v) is 10.7. The molecule has 4 rings (SSSR count). The van der Waals surface area contributed by atoms with Gasteiger partial charge < -0.3 is 26.1 Å². The fraction of sp³-hybridized carbons (Fsp3) is 0.448. The maximum atomic E-state index is 13.5. The molecule has 1 saturated heterocycles. The monoisotopic (exact) mass is 594 g/mol. The standard InChI is InChI=1S/C27H30F3N6O2.C2H4O2.Li/c1-26(2,3)38-25(37)36-14-11-19(12-15-36)18-4-6-21(7-5-18)34-24-32-16-22(27(28,29)30)23(35-24)9-8-20-10-13-31-17-33-20;1-2(3)4;/h4-7,13,16-17,19H,8-9,11-12,14-15H2,1-3H3,(H,32,34,35);1H3,(H,3,4);/q-1;;+1. The number of halogens is 3. The number of aliphatic carboxylic acids is 1. The molecule has 3 heterocycles. The number of piperidine rings is 1. The molecule has 1 aliphatic rings. The van der Waals surface area contributed by atoms with Crippen LogP contribution in [0.4, 0.5) is 29.6 Å². The summed E-state index contributed by atoms with van der Waals surface area (Å²) in [6.07, 6.45) is 0.615. The average Bonchev–Trinajstić information content (AvgIpc) is 2.91. The summed E-state index contributed by atoms with van der Waals surface area (Å²) in [4.78, 5) is 38.9. The number of aromatic nitrogens is 4. The Labute approximate surface area is 260 Å². The number of rotatable bonds is 6. The zero-order chi connectivity index (χ0) is 30.9. The van der Waals surface area contributed by atoms with E-state index in [-0.39, 0.29) is 49.4 Å². The molecule has 0 bridgehead atoms. The number of ether oxygens (including phenoxy) is 1. The molecule has 1 fully saturated rings. The Kier molecular flexibility index (Phi) is 12.9. The number of nitrogens with zero attached hydrogens (tertiary/aromatic N) is 5. The molecule has 0 unspecified atom stereocenters. The van der Waals surface area contributed by atoms with E-state index >= 15 is 0 Å². The van der Waals surface area contributed by atoms with Crippen molar-refractivity contribution < 1.29 is 51.5 Å². The molecule has 43 heavy (non-hydrogen) atoms. The van der Waals surface area contributed by atoms with Gasteiger partial charge in [0, 0.05) is 31.9 Å². The first kappa shape index (κ1) is 35.5. The zero-order valence-electron chi connectivity index (χ0n) is 24.9. The number of nitrogens with one attached hydrogen (secondary N) is 1. The van der Waals surface area contributed by atoms with Gasteiger partial charge >= 0.3 is 31.1 Å². The number of alkyl halides is 3. The van der Waals surface area contributed by atoms with Crippen molar-refractivity contribution in [2.45, 2.75) is 71.1 Å². The summed E-state index contributed by atoms with van der Waals surface area (Å²) in [5.41, 5.74) is 0.794. The molecule has 0 spiro atoms. The van der Waals surface area contributed by atoms with E-state index < -0.39 is 23.3 Å². The van der Waals surface area contributed by atoms with Crippen LogP contribution in [0.2, 0.25) is 0 Å². The third-order valence-electron chi connectivity index (χ3n) is 6.14. The van der Waals surface area contributed by atoms with Crippen molar-refractivity contribution in [3.05, 3.63) is 71.6 Å². The van der Waals surface area contributed by atoms with Crippen molar-refractivity contribution in [2.24, 2.45) is 0 Å². The first-order valence-corrected chi connectivity index (χ1v) is 13.4. The number of carboxylic acid groups (broad SMARTS) is 1. The number of hydrogen-bond donors (Lipinski definition) is 2. The second kappa shape index (κ2) is 15.7. The van der Waals surface area contributed by atoms with Crippen LogP contribution in [0.15, 0.2) is 43.0 Å². The Balaban J connectivity index is 0.00000121. The van der Waals surface area contributed by atoms with E-state index in [1.165, 1.54) is 12.5 Å². The Morgan fingerprint density at radius 2 is 1.72 bits per heavy atom. The van der Waals surface area contributed by atoms with Crippen LogP contribution in [0.25, 0.3) is 0 Å². The first-order valence-electron chi connectivity index (χ1n) is 13.4. The van der Waals surface area contributed by atoms with Gasteiger partial charge in [-0.15, -0.1) is 11.9 Å². The number of aryl methyl sites for hydroxylation is 2. The zero-order valence-corrected chi connectivity index (χ0v) is 24.9. The van der Waals surface area contributed by atoms with Crippen molar-refractivity contribution in [3.8, 4) is 0 Å². The molecular weight excluding hydrogens is 560 g/mol. The van der Waals surface area contributed by atoms with E-state index in [9.17, 15) is 18.0 Å².